The molecule has 0 aromatic carbocycles. The number of anilines is 1. The SMILES string of the molecule is C[C@H]1[C@H](O)CN1c1nc(-c2cnn(C3CCN(C(=O)O)CC3)c2)cc(C(F)(F)F)c1C#N. The summed E-state index contributed by atoms with van der Waals surface area (Å²) in [6.45, 7) is 2.44. The molecule has 170 valence electrons. The Labute approximate surface area is 181 Å². The molecule has 0 saturated carbocycles. The number of hydrogen-bond donors (Lipinski definition) is 2. The second kappa shape index (κ2) is 7.98. The van der Waals surface area contributed by atoms with Crippen LogP contribution in [0.4, 0.5) is 23.8 Å². The van der Waals surface area contributed by atoms with Crippen LogP contribution in [-0.4, -0.2) is 67.8 Å². The number of amides is 1. The first-order valence-electron chi connectivity index (χ1n) is 10.1. The normalized spacial score (nSPS) is 21.9. The molecule has 0 radical (unpaired) electrons. The van der Waals surface area contributed by atoms with Crippen molar-refractivity contribution in [1.29, 1.82) is 5.26 Å². The zero-order valence-corrected chi connectivity index (χ0v) is 17.1. The van der Waals surface area contributed by atoms with Gasteiger partial charge in [0, 0.05) is 31.4 Å². The molecule has 32 heavy (non-hydrogen) atoms. The van der Waals surface area contributed by atoms with Crippen molar-refractivity contribution in [3.8, 4) is 17.3 Å². The largest absolute Gasteiger partial charge is 0.465 e. The number of carbonyl (C=O) groups is 1. The van der Waals surface area contributed by atoms with Crippen LogP contribution in [0.25, 0.3) is 11.3 Å². The van der Waals surface area contributed by atoms with Crippen LogP contribution >= 0.6 is 0 Å². The van der Waals surface area contributed by atoms with E-state index in [1.54, 1.807) is 23.9 Å². The number of aliphatic hydroxyl groups is 1. The highest BCUT2D eigenvalue weighted by Gasteiger charge is 2.41. The van der Waals surface area contributed by atoms with Gasteiger partial charge in [-0.25, -0.2) is 9.78 Å². The van der Waals surface area contributed by atoms with Gasteiger partial charge < -0.3 is 20.0 Å². The van der Waals surface area contributed by atoms with Gasteiger partial charge in [-0.2, -0.15) is 23.5 Å². The molecule has 2 N–H and O–H groups in total. The van der Waals surface area contributed by atoms with Gasteiger partial charge in [0.1, 0.15) is 17.5 Å². The second-order valence-electron chi connectivity index (χ2n) is 8.03. The van der Waals surface area contributed by atoms with Crippen molar-refractivity contribution < 1.29 is 28.2 Å². The Morgan fingerprint density at radius 3 is 2.53 bits per heavy atom. The summed E-state index contributed by atoms with van der Waals surface area (Å²) in [7, 11) is 0. The number of aliphatic hydroxyl groups excluding tert-OH is 1. The van der Waals surface area contributed by atoms with E-state index in [4.69, 9.17) is 5.11 Å². The maximum atomic E-state index is 13.7. The van der Waals surface area contributed by atoms with Crippen molar-refractivity contribution in [3.05, 3.63) is 29.6 Å². The van der Waals surface area contributed by atoms with E-state index in [0.717, 1.165) is 6.07 Å². The highest BCUT2D eigenvalue weighted by atomic mass is 19.4. The van der Waals surface area contributed by atoms with Crippen molar-refractivity contribution in [2.75, 3.05) is 24.5 Å². The summed E-state index contributed by atoms with van der Waals surface area (Å²) >= 11 is 0. The smallest absolute Gasteiger partial charge is 0.417 e. The van der Waals surface area contributed by atoms with E-state index in [-0.39, 0.29) is 24.1 Å². The minimum atomic E-state index is -4.76. The number of halogens is 3. The summed E-state index contributed by atoms with van der Waals surface area (Å²) < 4.78 is 42.9. The van der Waals surface area contributed by atoms with E-state index in [0.29, 0.717) is 31.5 Å². The minimum absolute atomic E-state index is 0.0223. The number of piperidine rings is 1. The Balaban J connectivity index is 1.69. The number of pyridine rings is 1. The van der Waals surface area contributed by atoms with Crippen LogP contribution in [0.2, 0.25) is 0 Å². The Morgan fingerprint density at radius 2 is 2.00 bits per heavy atom. The van der Waals surface area contributed by atoms with E-state index < -0.39 is 35.5 Å². The lowest BCUT2D eigenvalue weighted by atomic mass is 9.98. The van der Waals surface area contributed by atoms with E-state index in [9.17, 15) is 28.3 Å². The average molecular weight is 450 g/mol. The molecule has 12 heteroatoms. The molecule has 0 aliphatic carbocycles. The van der Waals surface area contributed by atoms with Crippen LogP contribution in [0.15, 0.2) is 18.5 Å². The van der Waals surface area contributed by atoms with Gasteiger partial charge in [-0.1, -0.05) is 0 Å². The van der Waals surface area contributed by atoms with E-state index in [1.165, 1.54) is 16.0 Å². The van der Waals surface area contributed by atoms with Crippen molar-refractivity contribution in [2.45, 2.75) is 44.1 Å². The molecule has 1 amide bonds. The third kappa shape index (κ3) is 3.84. The summed E-state index contributed by atoms with van der Waals surface area (Å²) in [6.07, 6.45) is -2.37. The van der Waals surface area contributed by atoms with Gasteiger partial charge in [0.25, 0.3) is 0 Å². The van der Waals surface area contributed by atoms with Crippen LogP contribution in [0.5, 0.6) is 0 Å². The fraction of sp³-hybridized carbons (Fsp3) is 0.500. The van der Waals surface area contributed by atoms with Crippen molar-refractivity contribution >= 4 is 11.9 Å². The third-order valence-electron chi connectivity index (χ3n) is 6.13. The number of alkyl halides is 3. The van der Waals surface area contributed by atoms with Crippen molar-refractivity contribution in [2.24, 2.45) is 0 Å². The number of hydrogen-bond acceptors (Lipinski definition) is 6. The number of carboxylic acid groups (broad SMARTS) is 1. The fourth-order valence-corrected chi connectivity index (χ4v) is 4.08. The average Bonchev–Trinajstić information content (AvgIpc) is 3.26. The Bertz CT molecular complexity index is 1070. The van der Waals surface area contributed by atoms with Crippen LogP contribution in [0.1, 0.15) is 36.9 Å². The van der Waals surface area contributed by atoms with E-state index >= 15 is 0 Å². The maximum absolute atomic E-state index is 13.7. The first kappa shape index (κ1) is 21.9. The van der Waals surface area contributed by atoms with Crippen LogP contribution in [0, 0.1) is 11.3 Å². The summed E-state index contributed by atoms with van der Waals surface area (Å²) in [6, 6.07) is 1.93. The van der Waals surface area contributed by atoms with Crippen LogP contribution in [-0.2, 0) is 6.18 Å². The molecule has 2 atom stereocenters. The Hall–Kier alpha value is -3.33. The zero-order chi connectivity index (χ0) is 23.2. The molecule has 0 bridgehead atoms. The zero-order valence-electron chi connectivity index (χ0n) is 17.1. The standard InChI is InChI=1S/C20H21F3N6O3/c1-11-17(30)10-28(11)18-14(7-24)15(20(21,22)23)6-16(26-18)12-8-25-29(9-12)13-2-4-27(5-3-13)19(31)32/h6,8-9,11,13,17,30H,2-5,10H2,1H3,(H,31,32)/t11-,17+/m0/s1. The molecule has 2 aromatic rings. The van der Waals surface area contributed by atoms with Gasteiger partial charge in [-0.3, -0.25) is 4.68 Å². The van der Waals surface area contributed by atoms with Gasteiger partial charge in [-0.05, 0) is 25.8 Å². The minimum Gasteiger partial charge on any atom is -0.465 e. The maximum Gasteiger partial charge on any atom is 0.417 e. The molecular formula is C20H21F3N6O3. The second-order valence-corrected chi connectivity index (χ2v) is 8.03. The number of aromatic nitrogens is 3. The van der Waals surface area contributed by atoms with E-state index in [2.05, 4.69) is 10.1 Å². The monoisotopic (exact) mass is 450 g/mol. The van der Waals surface area contributed by atoms with Crippen LogP contribution in [0.3, 0.4) is 0 Å². The first-order valence-corrected chi connectivity index (χ1v) is 10.1. The molecule has 2 saturated heterocycles. The summed E-state index contributed by atoms with van der Waals surface area (Å²) in [5.74, 6) is -0.113. The summed E-state index contributed by atoms with van der Waals surface area (Å²) in [5.41, 5.74) is -1.28. The van der Waals surface area contributed by atoms with E-state index in [1.807, 2.05) is 0 Å². The number of β-amino-alcohol motifs (C(OH)–C–C–N with tert-alkyl or cyclic N) is 1. The Morgan fingerprint density at radius 1 is 1.31 bits per heavy atom. The predicted octanol–water partition coefficient (Wildman–Crippen LogP) is 2.72. The lowest BCUT2D eigenvalue weighted by Gasteiger charge is -2.44. The van der Waals surface area contributed by atoms with Gasteiger partial charge >= 0.3 is 12.3 Å². The number of nitriles is 1. The lowest BCUT2D eigenvalue weighted by molar-refractivity contribution is -0.137. The Kier molecular flexibility index (Phi) is 5.46. The third-order valence-corrected chi connectivity index (χ3v) is 6.13. The van der Waals surface area contributed by atoms with Crippen LogP contribution < -0.4 is 4.90 Å². The molecule has 2 aromatic heterocycles. The van der Waals surface area contributed by atoms with Gasteiger partial charge in [0.2, 0.25) is 0 Å². The molecule has 2 fully saturated rings. The van der Waals surface area contributed by atoms with Gasteiger partial charge in [0.05, 0.1) is 35.6 Å². The quantitative estimate of drug-likeness (QED) is 0.738. The van der Waals surface area contributed by atoms with Gasteiger partial charge in [-0.15, -0.1) is 0 Å². The molecule has 4 rings (SSSR count). The summed E-state index contributed by atoms with van der Waals surface area (Å²) in [5, 5.41) is 32.6. The fourth-order valence-electron chi connectivity index (χ4n) is 4.08. The molecule has 9 nitrogen and oxygen atoms in total. The number of rotatable bonds is 3. The molecule has 2 aliphatic heterocycles. The highest BCUT2D eigenvalue weighted by Crippen LogP contribution is 2.40. The lowest BCUT2D eigenvalue weighted by Crippen LogP contribution is -2.59. The molecule has 2 aliphatic rings. The molecule has 0 unspecified atom stereocenters. The first-order chi connectivity index (χ1) is 15.1. The highest BCUT2D eigenvalue weighted by molar-refractivity contribution is 5.69. The molecule has 0 spiro atoms. The topological polar surface area (TPSA) is 119 Å². The van der Waals surface area contributed by atoms with Crippen molar-refractivity contribution in [3.63, 3.8) is 0 Å². The summed E-state index contributed by atoms with van der Waals surface area (Å²) in [4.78, 5) is 18.2. The molecule has 4 heterocycles. The van der Waals surface area contributed by atoms with Gasteiger partial charge in [0.15, 0.2) is 0 Å². The number of likely N-dealkylation sites (tertiary alicyclic amines) is 1. The van der Waals surface area contributed by atoms with Crippen molar-refractivity contribution in [1.82, 2.24) is 19.7 Å². The predicted molar refractivity (Wildman–Crippen MR) is 106 cm³/mol. The number of nitrogens with zero attached hydrogens (tertiary/aromatic N) is 6. The molecular weight excluding hydrogens is 429 g/mol.